The fourth-order valence-corrected chi connectivity index (χ4v) is 4.41. The summed E-state index contributed by atoms with van der Waals surface area (Å²) >= 11 is 4.34. The predicted molar refractivity (Wildman–Crippen MR) is 77.6 cm³/mol. The molecular formula is C14H26N2OS. The van der Waals surface area contributed by atoms with E-state index in [0.717, 1.165) is 18.7 Å². The van der Waals surface area contributed by atoms with Crippen LogP contribution in [0.3, 0.4) is 0 Å². The first-order valence-corrected chi connectivity index (χ1v) is 7.64. The van der Waals surface area contributed by atoms with Gasteiger partial charge in [0.15, 0.2) is 0 Å². The van der Waals surface area contributed by atoms with Crippen LogP contribution in [0.15, 0.2) is 0 Å². The molecule has 4 unspecified atom stereocenters. The highest BCUT2D eigenvalue weighted by atomic mass is 32.1. The van der Waals surface area contributed by atoms with Gasteiger partial charge < -0.3 is 10.6 Å². The average molecular weight is 270 g/mol. The quantitative estimate of drug-likeness (QED) is 0.768. The van der Waals surface area contributed by atoms with Gasteiger partial charge in [-0.25, -0.2) is 0 Å². The fourth-order valence-electron chi connectivity index (χ4n) is 4.16. The first-order valence-electron chi connectivity index (χ1n) is 7.01. The van der Waals surface area contributed by atoms with E-state index in [4.69, 9.17) is 5.73 Å². The summed E-state index contributed by atoms with van der Waals surface area (Å²) in [7, 11) is 0. The van der Waals surface area contributed by atoms with Gasteiger partial charge in [-0.1, -0.05) is 20.8 Å². The van der Waals surface area contributed by atoms with Crippen LogP contribution >= 0.6 is 12.6 Å². The van der Waals surface area contributed by atoms with Crippen molar-refractivity contribution in [2.75, 3.05) is 18.8 Å². The Morgan fingerprint density at radius 1 is 1.50 bits per heavy atom. The molecule has 4 heteroatoms. The van der Waals surface area contributed by atoms with Crippen LogP contribution in [0.25, 0.3) is 0 Å². The summed E-state index contributed by atoms with van der Waals surface area (Å²) in [6, 6.07) is 0.336. The molecule has 0 spiro atoms. The third-order valence-electron chi connectivity index (χ3n) is 4.96. The zero-order chi connectivity index (χ0) is 13.5. The maximum absolute atomic E-state index is 12.2. The fraction of sp³-hybridized carbons (Fsp3) is 0.929. The van der Waals surface area contributed by atoms with E-state index in [-0.39, 0.29) is 5.41 Å². The molecule has 18 heavy (non-hydrogen) atoms. The van der Waals surface area contributed by atoms with Crippen LogP contribution in [0, 0.1) is 23.2 Å². The number of hydrogen-bond acceptors (Lipinski definition) is 3. The van der Waals surface area contributed by atoms with Gasteiger partial charge in [0, 0.05) is 19.0 Å². The molecule has 1 saturated heterocycles. The summed E-state index contributed by atoms with van der Waals surface area (Å²) in [5.41, 5.74) is 6.24. The van der Waals surface area contributed by atoms with Crippen molar-refractivity contribution in [3.8, 4) is 0 Å². The number of amides is 1. The van der Waals surface area contributed by atoms with Crippen LogP contribution in [0.4, 0.5) is 0 Å². The van der Waals surface area contributed by atoms with Crippen molar-refractivity contribution in [2.45, 2.75) is 39.7 Å². The lowest BCUT2D eigenvalue weighted by molar-refractivity contribution is -0.131. The number of nitrogens with two attached hydrogens (primary N) is 1. The summed E-state index contributed by atoms with van der Waals surface area (Å²) in [6.07, 6.45) is 1.83. The highest BCUT2D eigenvalue weighted by Crippen LogP contribution is 2.48. The van der Waals surface area contributed by atoms with Crippen molar-refractivity contribution < 1.29 is 4.79 Å². The number of carbonyl (C=O) groups excluding carboxylic acids is 1. The zero-order valence-corrected chi connectivity index (χ0v) is 12.6. The van der Waals surface area contributed by atoms with E-state index in [9.17, 15) is 4.79 Å². The molecule has 104 valence electrons. The predicted octanol–water partition coefficient (Wildman–Crippen LogP) is 1.77. The minimum atomic E-state index is 0.248. The Bertz CT molecular complexity index is 332. The largest absolute Gasteiger partial charge is 0.339 e. The molecule has 0 aromatic carbocycles. The van der Waals surface area contributed by atoms with E-state index in [0.29, 0.717) is 42.7 Å². The lowest BCUT2D eigenvalue weighted by Gasteiger charge is -2.35. The topological polar surface area (TPSA) is 46.3 Å². The van der Waals surface area contributed by atoms with Gasteiger partial charge >= 0.3 is 0 Å². The van der Waals surface area contributed by atoms with E-state index < -0.39 is 0 Å². The Morgan fingerprint density at radius 3 is 2.67 bits per heavy atom. The zero-order valence-electron chi connectivity index (χ0n) is 11.7. The minimum Gasteiger partial charge on any atom is -0.339 e. The van der Waals surface area contributed by atoms with E-state index in [1.807, 2.05) is 0 Å². The molecule has 1 aliphatic heterocycles. The summed E-state index contributed by atoms with van der Waals surface area (Å²) in [5, 5.41) is 0. The van der Waals surface area contributed by atoms with Crippen LogP contribution in [0.1, 0.15) is 33.6 Å². The second-order valence-electron chi connectivity index (χ2n) is 6.80. The number of nitrogens with zero attached hydrogens (tertiary/aromatic N) is 1. The van der Waals surface area contributed by atoms with E-state index in [2.05, 4.69) is 38.3 Å². The molecule has 0 radical (unpaired) electrons. The van der Waals surface area contributed by atoms with Gasteiger partial charge in [-0.15, -0.1) is 0 Å². The second kappa shape index (κ2) is 5.04. The Morgan fingerprint density at radius 2 is 2.17 bits per heavy atom. The Kier molecular flexibility index (Phi) is 3.98. The highest BCUT2D eigenvalue weighted by molar-refractivity contribution is 7.80. The molecule has 0 aromatic rings. The van der Waals surface area contributed by atoms with Crippen molar-refractivity contribution in [3.63, 3.8) is 0 Å². The molecule has 0 aromatic heterocycles. The van der Waals surface area contributed by atoms with E-state index >= 15 is 0 Å². The number of carbonyl (C=O) groups is 1. The molecule has 2 N–H and O–H groups in total. The van der Waals surface area contributed by atoms with Gasteiger partial charge in [0.1, 0.15) is 0 Å². The molecule has 3 nitrogen and oxygen atoms in total. The molecule has 4 atom stereocenters. The molecule has 2 fully saturated rings. The SMILES string of the molecule is CC1CC(C)(C)C(CN)C1N1CC(CS)CC1=O. The van der Waals surface area contributed by atoms with Crippen molar-refractivity contribution in [1.29, 1.82) is 0 Å². The van der Waals surface area contributed by atoms with Crippen LogP contribution in [-0.2, 0) is 4.79 Å². The Balaban J connectivity index is 2.19. The van der Waals surface area contributed by atoms with Crippen molar-refractivity contribution in [3.05, 3.63) is 0 Å². The first-order chi connectivity index (χ1) is 8.40. The lowest BCUT2D eigenvalue weighted by Crippen LogP contribution is -2.46. The summed E-state index contributed by atoms with van der Waals surface area (Å²) in [6.45, 7) is 8.40. The summed E-state index contributed by atoms with van der Waals surface area (Å²) in [4.78, 5) is 14.3. The van der Waals surface area contributed by atoms with Crippen molar-refractivity contribution >= 4 is 18.5 Å². The molecule has 2 rings (SSSR count). The van der Waals surface area contributed by atoms with Gasteiger partial charge in [0.05, 0.1) is 0 Å². The van der Waals surface area contributed by atoms with E-state index in [1.165, 1.54) is 0 Å². The Hall–Kier alpha value is -0.220. The third kappa shape index (κ3) is 2.29. The maximum atomic E-state index is 12.2. The molecule has 1 aliphatic carbocycles. The second-order valence-corrected chi connectivity index (χ2v) is 7.17. The molecular weight excluding hydrogens is 244 g/mol. The van der Waals surface area contributed by atoms with Crippen molar-refractivity contribution in [1.82, 2.24) is 4.90 Å². The van der Waals surface area contributed by atoms with Gasteiger partial charge in [0.25, 0.3) is 0 Å². The number of likely N-dealkylation sites (tertiary alicyclic amines) is 1. The molecule has 2 aliphatic rings. The lowest BCUT2D eigenvalue weighted by atomic mass is 9.80. The third-order valence-corrected chi connectivity index (χ3v) is 5.47. The van der Waals surface area contributed by atoms with Crippen LogP contribution in [0.2, 0.25) is 0 Å². The Labute approximate surface area is 116 Å². The number of rotatable bonds is 3. The van der Waals surface area contributed by atoms with Crippen LogP contribution < -0.4 is 5.73 Å². The van der Waals surface area contributed by atoms with Crippen molar-refractivity contribution in [2.24, 2.45) is 28.9 Å². The van der Waals surface area contributed by atoms with Gasteiger partial charge in [0.2, 0.25) is 5.91 Å². The highest BCUT2D eigenvalue weighted by Gasteiger charge is 2.50. The monoisotopic (exact) mass is 270 g/mol. The smallest absolute Gasteiger partial charge is 0.223 e. The standard InChI is InChI=1S/C14H26N2OS/c1-9-5-14(2,3)11(6-15)13(9)16-7-10(8-18)4-12(16)17/h9-11,13,18H,4-8,15H2,1-3H3. The minimum absolute atomic E-state index is 0.248. The molecule has 1 saturated carbocycles. The average Bonchev–Trinajstić information content (AvgIpc) is 2.75. The molecule has 1 amide bonds. The van der Waals surface area contributed by atoms with Crippen LogP contribution in [0.5, 0.6) is 0 Å². The normalized spacial score (nSPS) is 39.6. The molecule has 0 bridgehead atoms. The van der Waals surface area contributed by atoms with E-state index in [1.54, 1.807) is 0 Å². The number of hydrogen-bond donors (Lipinski definition) is 2. The van der Waals surface area contributed by atoms with Gasteiger partial charge in [-0.2, -0.15) is 12.6 Å². The summed E-state index contributed by atoms with van der Waals surface area (Å²) < 4.78 is 0. The van der Waals surface area contributed by atoms with Crippen LogP contribution in [-0.4, -0.2) is 35.7 Å². The summed E-state index contributed by atoms with van der Waals surface area (Å²) in [5.74, 6) is 2.52. The first kappa shape index (κ1) is 14.2. The molecule has 1 heterocycles. The van der Waals surface area contributed by atoms with Gasteiger partial charge in [-0.3, -0.25) is 4.79 Å². The van der Waals surface area contributed by atoms with Gasteiger partial charge in [-0.05, 0) is 41.9 Å². The number of thiol groups is 1. The maximum Gasteiger partial charge on any atom is 0.223 e.